The molecular weight excluding hydrogens is 594 g/mol. The van der Waals surface area contributed by atoms with E-state index in [-0.39, 0.29) is 12.3 Å². The molecule has 0 aromatic carbocycles. The molecule has 0 saturated heterocycles. The molecule has 0 unspecified atom stereocenters. The summed E-state index contributed by atoms with van der Waals surface area (Å²) in [5.74, 6) is -14.6. The zero-order valence-corrected chi connectivity index (χ0v) is 25.9. The first-order chi connectivity index (χ1) is 18.1. The van der Waals surface area contributed by atoms with Crippen molar-refractivity contribution in [1.29, 1.82) is 0 Å². The van der Waals surface area contributed by atoms with Crippen LogP contribution in [-0.4, -0.2) is 57.3 Å². The fourth-order valence-electron chi connectivity index (χ4n) is 4.56. The van der Waals surface area contributed by atoms with Crippen molar-refractivity contribution in [3.8, 4) is 0 Å². The van der Waals surface area contributed by atoms with E-state index >= 15 is 0 Å². The minimum absolute atomic E-state index is 0.0758. The maximum atomic E-state index is 14.5. The predicted molar refractivity (Wildman–Crippen MR) is 145 cm³/mol. The average molecular weight is 643 g/mol. The van der Waals surface area contributed by atoms with Crippen molar-refractivity contribution in [2.45, 2.75) is 140 Å². The van der Waals surface area contributed by atoms with Crippen LogP contribution in [0.1, 0.15) is 117 Å². The molecule has 0 aliphatic heterocycles. The molecular formula is C26H48F9O3PS. The van der Waals surface area contributed by atoms with Crippen LogP contribution in [0.15, 0.2) is 0 Å². The molecule has 0 aliphatic rings. The summed E-state index contributed by atoms with van der Waals surface area (Å²) in [6.45, 7) is 2.34. The van der Waals surface area contributed by atoms with Gasteiger partial charge in [0.2, 0.25) is 0 Å². The summed E-state index contributed by atoms with van der Waals surface area (Å²) in [5.41, 5.74) is 0. The quantitative estimate of drug-likeness (QED) is 0.0633. The van der Waals surface area contributed by atoms with E-state index < -0.39 is 40.2 Å². The summed E-state index contributed by atoms with van der Waals surface area (Å²) >= 11 is 0. The summed E-state index contributed by atoms with van der Waals surface area (Å²) in [5, 5.41) is -6.83. The second-order valence-electron chi connectivity index (χ2n) is 11.6. The van der Waals surface area contributed by atoms with Gasteiger partial charge in [0.25, 0.3) is 0 Å². The van der Waals surface area contributed by atoms with Crippen LogP contribution in [0.3, 0.4) is 0 Å². The SMILES string of the molecule is CCCCCCCCCCP(C)(C)(CCCCCCCCCC)OS(=O)(=O)C(F)(F)C(F)(F)C(F)(F)C(F)(F)F. The summed E-state index contributed by atoms with van der Waals surface area (Å²) in [6.07, 6.45) is 6.12. The zero-order valence-electron chi connectivity index (χ0n) is 24.2. The van der Waals surface area contributed by atoms with Gasteiger partial charge in [-0.15, -0.1) is 0 Å². The Kier molecular flexibility index (Phi) is 15.9. The molecule has 0 aliphatic carbocycles. The first kappa shape index (κ1) is 39.7. The molecule has 0 aromatic heterocycles. The molecule has 0 heterocycles. The summed E-state index contributed by atoms with van der Waals surface area (Å²) in [7, 11) is -6.90. The monoisotopic (exact) mass is 642 g/mol. The van der Waals surface area contributed by atoms with Gasteiger partial charge in [-0.2, -0.15) is 0 Å². The van der Waals surface area contributed by atoms with Crippen LogP contribution < -0.4 is 0 Å². The van der Waals surface area contributed by atoms with Gasteiger partial charge < -0.3 is 0 Å². The van der Waals surface area contributed by atoms with Crippen LogP contribution in [0.2, 0.25) is 0 Å². The van der Waals surface area contributed by atoms with Crippen LogP contribution in [0, 0.1) is 0 Å². The van der Waals surface area contributed by atoms with E-state index in [4.69, 9.17) is 3.97 Å². The fourth-order valence-corrected chi connectivity index (χ4v) is 11.3. The van der Waals surface area contributed by atoms with Gasteiger partial charge in [0, 0.05) is 0 Å². The van der Waals surface area contributed by atoms with Gasteiger partial charge in [0.15, 0.2) is 0 Å². The predicted octanol–water partition coefficient (Wildman–Crippen LogP) is 10.8. The Morgan fingerprint density at radius 2 is 0.825 bits per heavy atom. The Morgan fingerprint density at radius 3 is 1.12 bits per heavy atom. The Balaban J connectivity index is 5.73. The molecule has 0 N–H and O–H groups in total. The molecule has 244 valence electrons. The standard InChI is InChI=1S/C26H48F9O3PS/c1-5-7-9-11-13-15-17-19-21-39(3,4,22-20-18-16-14-12-10-8-6-2)38-40(36,37)26(34,35)24(29,30)23(27,28)25(31,32)33/h5-22H2,1-4H3. The van der Waals surface area contributed by atoms with Gasteiger partial charge >= 0.3 is 234 Å². The number of hydrogen-bond acceptors (Lipinski definition) is 3. The van der Waals surface area contributed by atoms with E-state index in [0.29, 0.717) is 25.7 Å². The third kappa shape index (κ3) is 11.4. The number of alkyl halides is 9. The van der Waals surface area contributed by atoms with Crippen molar-refractivity contribution >= 4 is 16.9 Å². The topological polar surface area (TPSA) is 43.4 Å². The van der Waals surface area contributed by atoms with Gasteiger partial charge in [0.1, 0.15) is 0 Å². The van der Waals surface area contributed by atoms with Crippen LogP contribution in [0.5, 0.6) is 0 Å². The molecule has 0 atom stereocenters. The molecule has 3 nitrogen and oxygen atoms in total. The number of unbranched alkanes of at least 4 members (excludes halogenated alkanes) is 14. The van der Waals surface area contributed by atoms with Crippen molar-refractivity contribution < 1.29 is 51.9 Å². The normalized spacial score (nSPS) is 15.3. The third-order valence-electron chi connectivity index (χ3n) is 7.20. The number of rotatable bonds is 23. The Labute approximate surface area is 234 Å². The van der Waals surface area contributed by atoms with Crippen molar-refractivity contribution in [2.75, 3.05) is 25.7 Å². The molecule has 0 radical (unpaired) electrons. The van der Waals surface area contributed by atoms with Crippen molar-refractivity contribution in [3.05, 3.63) is 0 Å². The van der Waals surface area contributed by atoms with E-state index in [0.717, 1.165) is 77.0 Å². The average Bonchev–Trinajstić information content (AvgIpc) is 2.81. The molecule has 0 amide bonds. The van der Waals surface area contributed by atoms with E-state index in [2.05, 4.69) is 13.8 Å². The summed E-state index contributed by atoms with van der Waals surface area (Å²) < 4.78 is 151. The summed E-state index contributed by atoms with van der Waals surface area (Å²) in [4.78, 5) is 0. The van der Waals surface area contributed by atoms with Gasteiger partial charge in [-0.25, -0.2) is 0 Å². The molecule has 0 saturated carbocycles. The molecule has 14 heteroatoms. The molecule has 0 fully saturated rings. The molecule has 0 rings (SSSR count). The fraction of sp³-hybridized carbons (Fsp3) is 1.00. The first-order valence-electron chi connectivity index (χ1n) is 14.3. The van der Waals surface area contributed by atoms with E-state index in [1.165, 1.54) is 13.3 Å². The minimum atomic E-state index is -7.31. The molecule has 0 spiro atoms. The van der Waals surface area contributed by atoms with Crippen LogP contribution in [-0.2, 0) is 14.1 Å². The Bertz CT molecular complexity index is 808. The number of halogens is 9. The van der Waals surface area contributed by atoms with Crippen LogP contribution in [0.25, 0.3) is 0 Å². The van der Waals surface area contributed by atoms with Gasteiger partial charge in [-0.05, 0) is 0 Å². The van der Waals surface area contributed by atoms with E-state index in [1.54, 1.807) is 0 Å². The molecule has 0 aromatic rings. The third-order valence-corrected chi connectivity index (χ3v) is 14.3. The van der Waals surface area contributed by atoms with Gasteiger partial charge in [0.05, 0.1) is 0 Å². The van der Waals surface area contributed by atoms with Crippen LogP contribution >= 0.6 is 6.83 Å². The second-order valence-corrected chi connectivity index (χ2v) is 19.7. The summed E-state index contributed by atoms with van der Waals surface area (Å²) in [6, 6.07) is 0. The molecule has 40 heavy (non-hydrogen) atoms. The van der Waals surface area contributed by atoms with E-state index in [1.807, 2.05) is 0 Å². The second kappa shape index (κ2) is 16.0. The van der Waals surface area contributed by atoms with Crippen LogP contribution in [0.4, 0.5) is 39.5 Å². The maximum absolute atomic E-state index is 14.5. The van der Waals surface area contributed by atoms with E-state index in [9.17, 15) is 47.9 Å². The first-order valence-corrected chi connectivity index (χ1v) is 19.1. The van der Waals surface area contributed by atoms with Gasteiger partial charge in [-0.1, -0.05) is 0 Å². The zero-order chi connectivity index (χ0) is 31.4. The molecule has 0 bridgehead atoms. The number of hydrogen-bond donors (Lipinski definition) is 0. The van der Waals surface area contributed by atoms with Crippen molar-refractivity contribution in [2.24, 2.45) is 0 Å². The Hall–Kier alpha value is -0.290. The van der Waals surface area contributed by atoms with Crippen molar-refractivity contribution in [3.63, 3.8) is 0 Å². The Morgan fingerprint density at radius 1 is 0.525 bits per heavy atom. The van der Waals surface area contributed by atoms with Crippen molar-refractivity contribution in [1.82, 2.24) is 0 Å². The van der Waals surface area contributed by atoms with Gasteiger partial charge in [-0.3, -0.25) is 0 Å².